The lowest BCUT2D eigenvalue weighted by Gasteiger charge is -2.14. The fourth-order valence-electron chi connectivity index (χ4n) is 2.74. The average Bonchev–Trinajstić information content (AvgIpc) is 3.12. The molecule has 1 heterocycles. The number of rotatable bonds is 5. The van der Waals surface area contributed by atoms with E-state index in [1.54, 1.807) is 18.4 Å². The van der Waals surface area contributed by atoms with Crippen LogP contribution in [0.25, 0.3) is 20.8 Å². The van der Waals surface area contributed by atoms with Crippen molar-refractivity contribution in [2.45, 2.75) is 6.61 Å². The van der Waals surface area contributed by atoms with E-state index in [0.29, 0.717) is 23.1 Å². The summed E-state index contributed by atoms with van der Waals surface area (Å²) in [4.78, 5) is 4.74. The summed E-state index contributed by atoms with van der Waals surface area (Å²) in [5, 5.41) is 1.66. The summed E-state index contributed by atoms with van der Waals surface area (Å²) in [6, 6.07) is 19.9. The molecular weight excluding hydrogens is 493 g/mol. The van der Waals surface area contributed by atoms with Crippen molar-refractivity contribution in [1.29, 1.82) is 0 Å². The van der Waals surface area contributed by atoms with Gasteiger partial charge in [0.1, 0.15) is 11.6 Å². The topological polar surface area (TPSA) is 31.4 Å². The lowest BCUT2D eigenvalue weighted by atomic mass is 10.2. The quantitative estimate of drug-likeness (QED) is 0.278. The van der Waals surface area contributed by atoms with E-state index >= 15 is 0 Å². The van der Waals surface area contributed by atoms with Crippen molar-refractivity contribution in [3.63, 3.8) is 0 Å². The van der Waals surface area contributed by atoms with Gasteiger partial charge in [-0.05, 0) is 52.9 Å². The standard InChI is InChI=1S/C21H15ClINO2S/c1-25-18-11-14(21-24-17-8-4-5-9-19(17)27-21)10-16(23)20(18)26-12-13-6-2-3-7-15(13)22/h2-11H,12H2,1H3. The number of fused-ring (bicyclic) bond motifs is 1. The smallest absolute Gasteiger partial charge is 0.174 e. The predicted octanol–water partition coefficient (Wildman–Crippen LogP) is 6.81. The van der Waals surface area contributed by atoms with E-state index in [9.17, 15) is 0 Å². The SMILES string of the molecule is COc1cc(-c2nc3ccccc3s2)cc(I)c1OCc1ccccc1Cl. The second-order valence-electron chi connectivity index (χ2n) is 5.86. The van der Waals surface area contributed by atoms with Gasteiger partial charge < -0.3 is 9.47 Å². The lowest BCUT2D eigenvalue weighted by molar-refractivity contribution is 0.282. The highest BCUT2D eigenvalue weighted by Gasteiger charge is 2.15. The minimum atomic E-state index is 0.381. The van der Waals surface area contributed by atoms with Crippen molar-refractivity contribution in [2.75, 3.05) is 7.11 Å². The van der Waals surface area contributed by atoms with Crippen molar-refractivity contribution in [3.05, 3.63) is 74.8 Å². The van der Waals surface area contributed by atoms with E-state index in [0.717, 1.165) is 25.2 Å². The van der Waals surface area contributed by atoms with E-state index in [2.05, 4.69) is 34.7 Å². The van der Waals surface area contributed by atoms with Gasteiger partial charge in [0.25, 0.3) is 0 Å². The maximum absolute atomic E-state index is 6.23. The van der Waals surface area contributed by atoms with Gasteiger partial charge in [-0.2, -0.15) is 0 Å². The number of thiazole rings is 1. The van der Waals surface area contributed by atoms with Crippen LogP contribution in [0.3, 0.4) is 0 Å². The summed E-state index contributed by atoms with van der Waals surface area (Å²) in [5.74, 6) is 1.39. The fourth-order valence-corrected chi connectivity index (χ4v) is 4.64. The molecule has 0 amide bonds. The van der Waals surface area contributed by atoms with Crippen LogP contribution < -0.4 is 9.47 Å². The summed E-state index contributed by atoms with van der Waals surface area (Å²) in [5.41, 5.74) is 2.96. The number of nitrogens with zero attached hydrogens (tertiary/aromatic N) is 1. The molecule has 0 unspecified atom stereocenters. The molecule has 0 aliphatic heterocycles. The second kappa shape index (κ2) is 8.04. The van der Waals surface area contributed by atoms with Gasteiger partial charge in [-0.15, -0.1) is 11.3 Å². The monoisotopic (exact) mass is 507 g/mol. The number of ether oxygens (including phenoxy) is 2. The third-order valence-electron chi connectivity index (χ3n) is 4.10. The number of hydrogen-bond donors (Lipinski definition) is 0. The van der Waals surface area contributed by atoms with E-state index in [4.69, 9.17) is 26.1 Å². The molecule has 3 aromatic carbocycles. The molecule has 3 nitrogen and oxygen atoms in total. The maximum atomic E-state index is 6.23. The highest BCUT2D eigenvalue weighted by molar-refractivity contribution is 14.1. The van der Waals surface area contributed by atoms with Crippen LogP contribution in [0, 0.1) is 3.57 Å². The normalized spacial score (nSPS) is 10.9. The number of hydrogen-bond acceptors (Lipinski definition) is 4. The maximum Gasteiger partial charge on any atom is 0.174 e. The summed E-state index contributed by atoms with van der Waals surface area (Å²) in [6.07, 6.45) is 0. The van der Waals surface area contributed by atoms with Gasteiger partial charge in [0.15, 0.2) is 11.5 Å². The molecule has 0 fully saturated rings. The highest BCUT2D eigenvalue weighted by Crippen LogP contribution is 2.40. The van der Waals surface area contributed by atoms with E-state index < -0.39 is 0 Å². The number of para-hydroxylation sites is 1. The zero-order valence-electron chi connectivity index (χ0n) is 14.4. The Hall–Kier alpha value is -1.83. The highest BCUT2D eigenvalue weighted by atomic mass is 127. The first-order chi connectivity index (χ1) is 13.2. The summed E-state index contributed by atoms with van der Waals surface area (Å²) < 4.78 is 13.8. The Morgan fingerprint density at radius 2 is 1.85 bits per heavy atom. The Kier molecular flexibility index (Phi) is 5.52. The molecule has 0 spiro atoms. The summed E-state index contributed by atoms with van der Waals surface area (Å²) in [6.45, 7) is 0.381. The first kappa shape index (κ1) is 18.5. The summed E-state index contributed by atoms with van der Waals surface area (Å²) in [7, 11) is 1.65. The third-order valence-corrected chi connectivity index (χ3v) is 6.36. The molecule has 0 atom stereocenters. The van der Waals surface area contributed by atoms with Crippen molar-refractivity contribution in [2.24, 2.45) is 0 Å². The van der Waals surface area contributed by atoms with E-state index in [1.165, 1.54) is 4.70 Å². The minimum absolute atomic E-state index is 0.381. The molecule has 0 N–H and O–H groups in total. The molecular formula is C21H15ClINO2S. The van der Waals surface area contributed by atoms with Gasteiger partial charge in [-0.25, -0.2) is 4.98 Å². The zero-order chi connectivity index (χ0) is 18.8. The van der Waals surface area contributed by atoms with Crippen molar-refractivity contribution in [1.82, 2.24) is 4.98 Å². The second-order valence-corrected chi connectivity index (χ2v) is 8.46. The molecule has 27 heavy (non-hydrogen) atoms. The van der Waals surface area contributed by atoms with Crippen LogP contribution >= 0.6 is 45.5 Å². The molecule has 0 bridgehead atoms. The first-order valence-corrected chi connectivity index (χ1v) is 10.5. The van der Waals surface area contributed by atoms with Crippen LogP contribution in [-0.4, -0.2) is 12.1 Å². The van der Waals surface area contributed by atoms with E-state index in [1.807, 2.05) is 48.5 Å². The van der Waals surface area contributed by atoms with Crippen molar-refractivity contribution >= 4 is 55.7 Å². The Morgan fingerprint density at radius 1 is 1.07 bits per heavy atom. The van der Waals surface area contributed by atoms with Crippen LogP contribution in [0.15, 0.2) is 60.7 Å². The largest absolute Gasteiger partial charge is 0.493 e. The van der Waals surface area contributed by atoms with Crippen molar-refractivity contribution in [3.8, 4) is 22.1 Å². The zero-order valence-corrected chi connectivity index (χ0v) is 18.1. The molecule has 0 saturated carbocycles. The van der Waals surface area contributed by atoms with Crippen LogP contribution in [0.5, 0.6) is 11.5 Å². The molecule has 1 aromatic heterocycles. The molecule has 0 aliphatic rings. The van der Waals surface area contributed by atoms with Gasteiger partial charge in [0.05, 0.1) is 20.9 Å². The van der Waals surface area contributed by atoms with Crippen LogP contribution in [0.1, 0.15) is 5.56 Å². The molecule has 0 radical (unpaired) electrons. The molecule has 4 rings (SSSR count). The predicted molar refractivity (Wildman–Crippen MR) is 120 cm³/mol. The Labute approximate surface area is 180 Å². The molecule has 0 aliphatic carbocycles. The number of aromatic nitrogens is 1. The van der Waals surface area contributed by atoms with Gasteiger partial charge in [0.2, 0.25) is 0 Å². The summed E-state index contributed by atoms with van der Waals surface area (Å²) >= 11 is 10.2. The van der Waals surface area contributed by atoms with Gasteiger partial charge in [0, 0.05) is 16.1 Å². The average molecular weight is 508 g/mol. The van der Waals surface area contributed by atoms with Crippen LogP contribution in [0.4, 0.5) is 0 Å². The van der Waals surface area contributed by atoms with Gasteiger partial charge >= 0.3 is 0 Å². The molecule has 136 valence electrons. The molecule has 4 aromatic rings. The number of methoxy groups -OCH3 is 1. The lowest BCUT2D eigenvalue weighted by Crippen LogP contribution is -2.00. The Bertz CT molecular complexity index is 1080. The molecule has 0 saturated heterocycles. The van der Waals surface area contributed by atoms with Crippen LogP contribution in [0.2, 0.25) is 5.02 Å². The number of benzene rings is 3. The van der Waals surface area contributed by atoms with Crippen LogP contribution in [-0.2, 0) is 6.61 Å². The van der Waals surface area contributed by atoms with Crippen molar-refractivity contribution < 1.29 is 9.47 Å². The Balaban J connectivity index is 1.67. The first-order valence-electron chi connectivity index (χ1n) is 8.25. The third kappa shape index (κ3) is 3.90. The minimum Gasteiger partial charge on any atom is -0.493 e. The van der Waals surface area contributed by atoms with Gasteiger partial charge in [-0.1, -0.05) is 41.9 Å². The molecule has 6 heteroatoms. The van der Waals surface area contributed by atoms with Gasteiger partial charge in [-0.3, -0.25) is 0 Å². The number of halogens is 2. The van der Waals surface area contributed by atoms with E-state index in [-0.39, 0.29) is 0 Å². The Morgan fingerprint density at radius 3 is 2.63 bits per heavy atom. The fraction of sp³-hybridized carbons (Fsp3) is 0.0952.